The minimum atomic E-state index is -0.827. The lowest BCUT2D eigenvalue weighted by Crippen LogP contribution is -2.27. The zero-order valence-electron chi connectivity index (χ0n) is 10.5. The van der Waals surface area contributed by atoms with Gasteiger partial charge in [0.25, 0.3) is 0 Å². The van der Waals surface area contributed by atoms with E-state index < -0.39 is 17.8 Å². The highest BCUT2D eigenvalue weighted by Gasteiger charge is 2.16. The molecule has 0 aliphatic rings. The molecule has 2 rings (SSSR count). The first kappa shape index (κ1) is 13.7. The number of nitrogens with one attached hydrogen (secondary N) is 1. The van der Waals surface area contributed by atoms with Gasteiger partial charge in [-0.25, -0.2) is 4.39 Å². The van der Waals surface area contributed by atoms with Gasteiger partial charge in [0.05, 0.1) is 5.56 Å². The molecule has 0 aromatic heterocycles. The van der Waals surface area contributed by atoms with E-state index in [4.69, 9.17) is 11.0 Å². The minimum absolute atomic E-state index is 0.129. The molecule has 0 bridgehead atoms. The Kier molecular flexibility index (Phi) is 4.08. The molecule has 0 unspecified atom stereocenters. The first-order chi connectivity index (χ1) is 9.61. The number of carbonyl (C=O) groups excluding carboxylic acids is 1. The zero-order valence-corrected chi connectivity index (χ0v) is 10.5. The predicted octanol–water partition coefficient (Wildman–Crippen LogP) is 2.34. The van der Waals surface area contributed by atoms with Crippen LogP contribution in [-0.2, 0) is 4.79 Å². The van der Waals surface area contributed by atoms with E-state index in [0.29, 0.717) is 11.3 Å². The number of hydrogen-bond acceptors (Lipinski definition) is 3. The summed E-state index contributed by atoms with van der Waals surface area (Å²) in [6, 6.07) is 13.6. The number of nitriles is 1. The molecular formula is C15H12FN3O. The Labute approximate surface area is 115 Å². The van der Waals surface area contributed by atoms with Crippen LogP contribution in [0.1, 0.15) is 17.2 Å². The molecule has 1 amide bonds. The second-order valence-electron chi connectivity index (χ2n) is 4.18. The van der Waals surface area contributed by atoms with E-state index in [1.807, 2.05) is 6.07 Å². The number of amides is 1. The van der Waals surface area contributed by atoms with Crippen LogP contribution < -0.4 is 11.1 Å². The maximum atomic E-state index is 13.2. The second kappa shape index (κ2) is 5.95. The van der Waals surface area contributed by atoms with Gasteiger partial charge >= 0.3 is 0 Å². The lowest BCUT2D eigenvalue weighted by atomic mass is 10.1. The SMILES string of the molecule is N#Cc1cc(NC(=O)[C@@H](N)c2ccccc2)ccc1F. The Morgan fingerprint density at radius 1 is 1.25 bits per heavy atom. The Morgan fingerprint density at radius 3 is 2.60 bits per heavy atom. The van der Waals surface area contributed by atoms with Gasteiger partial charge in [-0.05, 0) is 23.8 Å². The molecule has 0 spiro atoms. The zero-order chi connectivity index (χ0) is 14.5. The second-order valence-corrected chi connectivity index (χ2v) is 4.18. The topological polar surface area (TPSA) is 78.9 Å². The third-order valence-corrected chi connectivity index (χ3v) is 2.80. The molecule has 0 saturated carbocycles. The molecule has 0 radical (unpaired) electrons. The van der Waals surface area contributed by atoms with Crippen molar-refractivity contribution >= 4 is 11.6 Å². The molecule has 2 aromatic rings. The fourth-order valence-electron chi connectivity index (χ4n) is 1.72. The van der Waals surface area contributed by atoms with Crippen molar-refractivity contribution in [3.8, 4) is 6.07 Å². The third kappa shape index (κ3) is 2.99. The third-order valence-electron chi connectivity index (χ3n) is 2.80. The quantitative estimate of drug-likeness (QED) is 0.897. The van der Waals surface area contributed by atoms with Crippen LogP contribution in [0.15, 0.2) is 48.5 Å². The van der Waals surface area contributed by atoms with Gasteiger partial charge in [-0.3, -0.25) is 4.79 Å². The van der Waals surface area contributed by atoms with Crippen molar-refractivity contribution in [3.05, 3.63) is 65.5 Å². The summed E-state index contributed by atoms with van der Waals surface area (Å²) >= 11 is 0. The van der Waals surface area contributed by atoms with Crippen LogP contribution >= 0.6 is 0 Å². The Bertz CT molecular complexity index is 665. The molecule has 0 aliphatic heterocycles. The van der Waals surface area contributed by atoms with Crippen molar-refractivity contribution in [2.45, 2.75) is 6.04 Å². The van der Waals surface area contributed by atoms with Gasteiger partial charge in [-0.1, -0.05) is 30.3 Å². The first-order valence-corrected chi connectivity index (χ1v) is 5.93. The van der Waals surface area contributed by atoms with Crippen LogP contribution in [0.25, 0.3) is 0 Å². The Hall–Kier alpha value is -2.71. The smallest absolute Gasteiger partial charge is 0.245 e. The van der Waals surface area contributed by atoms with Gasteiger partial charge in [-0.2, -0.15) is 5.26 Å². The van der Waals surface area contributed by atoms with E-state index in [1.54, 1.807) is 30.3 Å². The van der Waals surface area contributed by atoms with Crippen LogP contribution in [-0.4, -0.2) is 5.91 Å². The molecule has 0 aliphatic carbocycles. The molecule has 100 valence electrons. The lowest BCUT2D eigenvalue weighted by Gasteiger charge is -2.12. The van der Waals surface area contributed by atoms with E-state index in [9.17, 15) is 9.18 Å². The summed E-state index contributed by atoms with van der Waals surface area (Å²) < 4.78 is 13.2. The lowest BCUT2D eigenvalue weighted by molar-refractivity contribution is -0.117. The molecule has 1 atom stereocenters. The summed E-state index contributed by atoms with van der Waals surface area (Å²) in [4.78, 5) is 12.0. The summed E-state index contributed by atoms with van der Waals surface area (Å²) in [6.07, 6.45) is 0. The highest BCUT2D eigenvalue weighted by atomic mass is 19.1. The normalized spacial score (nSPS) is 11.4. The van der Waals surface area contributed by atoms with E-state index in [1.165, 1.54) is 12.1 Å². The number of benzene rings is 2. The average Bonchev–Trinajstić information content (AvgIpc) is 2.49. The number of hydrogen-bond donors (Lipinski definition) is 2. The van der Waals surface area contributed by atoms with E-state index in [0.717, 1.165) is 6.07 Å². The highest BCUT2D eigenvalue weighted by Crippen LogP contribution is 2.16. The van der Waals surface area contributed by atoms with Gasteiger partial charge in [0.1, 0.15) is 17.9 Å². The molecule has 3 N–H and O–H groups in total. The largest absolute Gasteiger partial charge is 0.324 e. The van der Waals surface area contributed by atoms with E-state index in [2.05, 4.69) is 5.32 Å². The fourth-order valence-corrected chi connectivity index (χ4v) is 1.72. The maximum absolute atomic E-state index is 13.2. The van der Waals surface area contributed by atoms with Crippen molar-refractivity contribution in [2.75, 3.05) is 5.32 Å². The number of rotatable bonds is 3. The number of carbonyl (C=O) groups is 1. The predicted molar refractivity (Wildman–Crippen MR) is 73.1 cm³/mol. The van der Waals surface area contributed by atoms with E-state index >= 15 is 0 Å². The number of nitrogens with two attached hydrogens (primary N) is 1. The molecule has 0 fully saturated rings. The molecule has 2 aromatic carbocycles. The monoisotopic (exact) mass is 269 g/mol. The average molecular weight is 269 g/mol. The summed E-state index contributed by atoms with van der Waals surface area (Å²) in [7, 11) is 0. The van der Waals surface area contributed by atoms with Gasteiger partial charge in [0, 0.05) is 5.69 Å². The highest BCUT2D eigenvalue weighted by molar-refractivity contribution is 5.95. The first-order valence-electron chi connectivity index (χ1n) is 5.93. The fraction of sp³-hybridized carbons (Fsp3) is 0.0667. The standard InChI is InChI=1S/C15H12FN3O/c16-13-7-6-12(8-11(13)9-17)19-15(20)14(18)10-4-2-1-3-5-10/h1-8,14H,18H2,(H,19,20)/t14-/m0/s1. The molecule has 0 heterocycles. The summed E-state index contributed by atoms with van der Waals surface area (Å²) in [6.45, 7) is 0. The number of anilines is 1. The summed E-state index contributed by atoms with van der Waals surface area (Å²) in [5.74, 6) is -1.05. The van der Waals surface area contributed by atoms with Crippen molar-refractivity contribution in [3.63, 3.8) is 0 Å². The van der Waals surface area contributed by atoms with Crippen LogP contribution in [0.4, 0.5) is 10.1 Å². The molecular weight excluding hydrogens is 257 g/mol. The van der Waals surface area contributed by atoms with Crippen molar-refractivity contribution in [2.24, 2.45) is 5.73 Å². The number of halogens is 1. The van der Waals surface area contributed by atoms with Crippen molar-refractivity contribution < 1.29 is 9.18 Å². The van der Waals surface area contributed by atoms with E-state index in [-0.39, 0.29) is 5.56 Å². The minimum Gasteiger partial charge on any atom is -0.324 e. The molecule has 4 nitrogen and oxygen atoms in total. The summed E-state index contributed by atoms with van der Waals surface area (Å²) in [5.41, 5.74) is 6.71. The van der Waals surface area contributed by atoms with Crippen LogP contribution in [0.3, 0.4) is 0 Å². The van der Waals surface area contributed by atoms with Gasteiger partial charge in [-0.15, -0.1) is 0 Å². The molecule has 0 saturated heterocycles. The van der Waals surface area contributed by atoms with Gasteiger partial charge in [0.2, 0.25) is 5.91 Å². The van der Waals surface area contributed by atoms with Crippen molar-refractivity contribution in [1.29, 1.82) is 5.26 Å². The van der Waals surface area contributed by atoms with Crippen LogP contribution in [0.5, 0.6) is 0 Å². The summed E-state index contributed by atoms with van der Waals surface area (Å²) in [5, 5.41) is 11.3. The maximum Gasteiger partial charge on any atom is 0.245 e. The van der Waals surface area contributed by atoms with Crippen LogP contribution in [0.2, 0.25) is 0 Å². The molecule has 5 heteroatoms. The van der Waals surface area contributed by atoms with Gasteiger partial charge in [0.15, 0.2) is 0 Å². The number of nitrogens with zero attached hydrogens (tertiary/aromatic N) is 1. The Balaban J connectivity index is 2.14. The van der Waals surface area contributed by atoms with Crippen LogP contribution in [0, 0.1) is 17.1 Å². The molecule has 20 heavy (non-hydrogen) atoms. The van der Waals surface area contributed by atoms with Crippen molar-refractivity contribution in [1.82, 2.24) is 0 Å². The Morgan fingerprint density at radius 2 is 1.95 bits per heavy atom. The van der Waals surface area contributed by atoms with Gasteiger partial charge < -0.3 is 11.1 Å².